The second-order valence-electron chi connectivity index (χ2n) is 2.58. The summed E-state index contributed by atoms with van der Waals surface area (Å²) in [6, 6.07) is 0. The van der Waals surface area contributed by atoms with Crippen molar-refractivity contribution < 1.29 is 0 Å². The third-order valence-corrected chi connectivity index (χ3v) is 2.80. The van der Waals surface area contributed by atoms with Gasteiger partial charge in [-0.3, -0.25) is 4.99 Å². The summed E-state index contributed by atoms with van der Waals surface area (Å²) in [5.41, 5.74) is 6.82. The van der Waals surface area contributed by atoms with Crippen molar-refractivity contribution in [2.75, 3.05) is 19.6 Å². The van der Waals surface area contributed by atoms with E-state index in [1.165, 1.54) is 5.70 Å². The van der Waals surface area contributed by atoms with Crippen LogP contribution in [-0.2, 0) is 0 Å². The van der Waals surface area contributed by atoms with E-state index in [-0.39, 0.29) is 0 Å². The average Bonchev–Trinajstić information content (AvgIpc) is 2.53. The minimum Gasteiger partial charge on any atom is -0.330 e. The second-order valence-corrected chi connectivity index (χ2v) is 3.42. The summed E-state index contributed by atoms with van der Waals surface area (Å²) in [6.45, 7) is 2.73. The molecule has 2 aliphatic heterocycles. The van der Waals surface area contributed by atoms with Crippen LogP contribution in [0, 0.1) is 0 Å². The lowest BCUT2D eigenvalue weighted by Gasteiger charge is -2.15. The highest BCUT2D eigenvalue weighted by Gasteiger charge is 2.24. The molecule has 2 aliphatic rings. The van der Waals surface area contributed by atoms with Gasteiger partial charge in [-0.15, -0.1) is 0 Å². The van der Waals surface area contributed by atoms with Crippen molar-refractivity contribution >= 4 is 16.9 Å². The molecule has 4 heteroatoms. The average molecular weight is 169 g/mol. The van der Waals surface area contributed by atoms with Crippen LogP contribution in [0.5, 0.6) is 0 Å². The molecule has 0 aromatic carbocycles. The first-order chi connectivity index (χ1) is 5.42. The predicted octanol–water partition coefficient (Wildman–Crippen LogP) is 0.595. The Bertz CT molecular complexity index is 222. The lowest BCUT2D eigenvalue weighted by Crippen LogP contribution is -2.22. The molecule has 0 saturated carbocycles. The molecule has 0 radical (unpaired) electrons. The Kier molecular flexibility index (Phi) is 1.87. The van der Waals surface area contributed by atoms with E-state index in [1.807, 2.05) is 0 Å². The fourth-order valence-electron chi connectivity index (χ4n) is 1.32. The van der Waals surface area contributed by atoms with Gasteiger partial charge >= 0.3 is 0 Å². The Morgan fingerprint density at radius 3 is 3.45 bits per heavy atom. The van der Waals surface area contributed by atoms with Crippen LogP contribution in [-0.4, -0.2) is 29.7 Å². The maximum absolute atomic E-state index is 5.47. The fraction of sp³-hybridized carbons (Fsp3) is 0.571. The third-order valence-electron chi connectivity index (χ3n) is 1.85. The molecular formula is C7H11N3S. The van der Waals surface area contributed by atoms with Gasteiger partial charge in [-0.1, -0.05) is 11.8 Å². The number of fused-ring (bicyclic) bond motifs is 1. The van der Waals surface area contributed by atoms with Gasteiger partial charge in [0, 0.05) is 18.7 Å². The van der Waals surface area contributed by atoms with E-state index >= 15 is 0 Å². The molecular weight excluding hydrogens is 158 g/mol. The summed E-state index contributed by atoms with van der Waals surface area (Å²) in [6.07, 6.45) is 0.978. The Balaban J connectivity index is 2.07. The lowest BCUT2D eigenvalue weighted by atomic mass is 10.3. The molecule has 0 saturated heterocycles. The number of rotatable bonds is 2. The van der Waals surface area contributed by atoms with Crippen LogP contribution in [0.25, 0.3) is 0 Å². The van der Waals surface area contributed by atoms with Crippen molar-refractivity contribution in [3.63, 3.8) is 0 Å². The van der Waals surface area contributed by atoms with Gasteiger partial charge in [0.15, 0.2) is 5.17 Å². The number of nitrogens with two attached hydrogens (primary N) is 1. The van der Waals surface area contributed by atoms with Crippen LogP contribution in [0.2, 0.25) is 0 Å². The number of hydrogen-bond donors (Lipinski definition) is 1. The molecule has 0 aliphatic carbocycles. The van der Waals surface area contributed by atoms with Crippen LogP contribution < -0.4 is 5.73 Å². The summed E-state index contributed by atoms with van der Waals surface area (Å²) in [5.74, 6) is 0. The molecule has 0 atom stereocenters. The molecule has 2 rings (SSSR count). The van der Waals surface area contributed by atoms with E-state index in [1.54, 1.807) is 11.8 Å². The topological polar surface area (TPSA) is 41.6 Å². The van der Waals surface area contributed by atoms with Crippen molar-refractivity contribution in [3.05, 3.63) is 11.1 Å². The molecule has 60 valence electrons. The lowest BCUT2D eigenvalue weighted by molar-refractivity contribution is 0.548. The van der Waals surface area contributed by atoms with Gasteiger partial charge in [0.2, 0.25) is 0 Å². The van der Waals surface area contributed by atoms with Crippen molar-refractivity contribution in [1.29, 1.82) is 0 Å². The van der Waals surface area contributed by atoms with Gasteiger partial charge in [-0.2, -0.15) is 0 Å². The first-order valence-corrected chi connectivity index (χ1v) is 4.67. The molecule has 0 unspecified atom stereocenters. The molecule has 0 bridgehead atoms. The van der Waals surface area contributed by atoms with E-state index in [9.17, 15) is 0 Å². The summed E-state index contributed by atoms with van der Waals surface area (Å²) < 4.78 is 0. The molecule has 0 aromatic rings. The molecule has 0 fully saturated rings. The second kappa shape index (κ2) is 2.87. The molecule has 3 nitrogen and oxygen atoms in total. The third kappa shape index (κ3) is 1.16. The monoisotopic (exact) mass is 169 g/mol. The summed E-state index contributed by atoms with van der Waals surface area (Å²) in [7, 11) is 0. The van der Waals surface area contributed by atoms with Crippen LogP contribution >= 0.6 is 11.8 Å². The molecule has 0 amide bonds. The highest BCUT2D eigenvalue weighted by Crippen LogP contribution is 2.30. The normalized spacial score (nSPS) is 21.7. The molecule has 0 aromatic heterocycles. The van der Waals surface area contributed by atoms with Gasteiger partial charge in [0.05, 0.1) is 6.54 Å². The Morgan fingerprint density at radius 1 is 1.73 bits per heavy atom. The van der Waals surface area contributed by atoms with Crippen molar-refractivity contribution in [2.24, 2.45) is 10.7 Å². The number of amidine groups is 1. The molecule has 11 heavy (non-hydrogen) atoms. The molecule has 0 spiro atoms. The maximum Gasteiger partial charge on any atom is 0.167 e. The first-order valence-electron chi connectivity index (χ1n) is 3.79. The highest BCUT2D eigenvalue weighted by molar-refractivity contribution is 8.16. The fourth-order valence-corrected chi connectivity index (χ4v) is 2.31. The standard InChI is InChI=1S/C7H11N3S/c8-2-1-6-5-11-7-9-3-4-10(6)7/h5H,1-4,8H2. The number of hydrogen-bond acceptors (Lipinski definition) is 4. The van der Waals surface area contributed by atoms with Crippen LogP contribution in [0.15, 0.2) is 16.1 Å². The maximum atomic E-state index is 5.47. The number of thioether (sulfide) groups is 1. The van der Waals surface area contributed by atoms with Crippen molar-refractivity contribution in [1.82, 2.24) is 4.90 Å². The van der Waals surface area contributed by atoms with Crippen LogP contribution in [0.3, 0.4) is 0 Å². The van der Waals surface area contributed by atoms with Gasteiger partial charge in [-0.25, -0.2) is 0 Å². The van der Waals surface area contributed by atoms with Gasteiger partial charge < -0.3 is 10.6 Å². The van der Waals surface area contributed by atoms with E-state index in [4.69, 9.17) is 5.73 Å². The van der Waals surface area contributed by atoms with Crippen LogP contribution in [0.1, 0.15) is 6.42 Å². The Morgan fingerprint density at radius 2 is 2.64 bits per heavy atom. The van der Waals surface area contributed by atoms with Gasteiger partial charge in [0.25, 0.3) is 0 Å². The van der Waals surface area contributed by atoms with Crippen molar-refractivity contribution in [2.45, 2.75) is 6.42 Å². The summed E-state index contributed by atoms with van der Waals surface area (Å²) >= 11 is 1.72. The summed E-state index contributed by atoms with van der Waals surface area (Å²) in [5, 5.41) is 3.32. The zero-order valence-electron chi connectivity index (χ0n) is 6.29. The van der Waals surface area contributed by atoms with Gasteiger partial charge in [0.1, 0.15) is 0 Å². The van der Waals surface area contributed by atoms with Gasteiger partial charge in [-0.05, 0) is 12.0 Å². The zero-order chi connectivity index (χ0) is 7.68. The number of aliphatic imine (C=N–C) groups is 1. The SMILES string of the molecule is NCCC1=CSC2=NCCN12. The molecule has 2 N–H and O–H groups in total. The zero-order valence-corrected chi connectivity index (χ0v) is 7.10. The first kappa shape index (κ1) is 7.18. The predicted molar refractivity (Wildman–Crippen MR) is 48.4 cm³/mol. The van der Waals surface area contributed by atoms with E-state index < -0.39 is 0 Å². The minimum absolute atomic E-state index is 0.732. The van der Waals surface area contributed by atoms with E-state index in [2.05, 4.69) is 15.3 Å². The van der Waals surface area contributed by atoms with E-state index in [0.29, 0.717) is 0 Å². The Labute approximate surface area is 70.3 Å². The Hall–Kier alpha value is -0.480. The highest BCUT2D eigenvalue weighted by atomic mass is 32.2. The largest absolute Gasteiger partial charge is 0.330 e. The quantitative estimate of drug-likeness (QED) is 0.658. The smallest absolute Gasteiger partial charge is 0.167 e. The van der Waals surface area contributed by atoms with Crippen molar-refractivity contribution in [3.8, 4) is 0 Å². The summed E-state index contributed by atoms with van der Waals surface area (Å²) in [4.78, 5) is 6.60. The molecule has 2 heterocycles. The van der Waals surface area contributed by atoms with E-state index in [0.717, 1.165) is 31.2 Å². The minimum atomic E-state index is 0.732. The van der Waals surface area contributed by atoms with Crippen LogP contribution in [0.4, 0.5) is 0 Å². The number of nitrogens with zero attached hydrogens (tertiary/aromatic N) is 2.